The standard InChI is InChI=1S/C11H19NO3S/c1-7(2)3-9(11(14)15)12-5-8(6-16)4-10(12)13/h7-9,16H,3-6H2,1-2H3,(H,14,15). The van der Waals surface area contributed by atoms with Gasteiger partial charge in [0, 0.05) is 13.0 Å². The molecule has 1 saturated heterocycles. The first kappa shape index (κ1) is 13.4. The van der Waals surface area contributed by atoms with E-state index in [1.165, 1.54) is 4.90 Å². The monoisotopic (exact) mass is 245 g/mol. The van der Waals surface area contributed by atoms with Gasteiger partial charge in [-0.1, -0.05) is 13.8 Å². The van der Waals surface area contributed by atoms with Crippen LogP contribution < -0.4 is 0 Å². The molecule has 2 unspecified atom stereocenters. The van der Waals surface area contributed by atoms with Crippen LogP contribution in [0.5, 0.6) is 0 Å². The smallest absolute Gasteiger partial charge is 0.326 e. The average Bonchev–Trinajstić information content (AvgIpc) is 2.55. The van der Waals surface area contributed by atoms with Crippen LogP contribution >= 0.6 is 12.6 Å². The minimum atomic E-state index is -0.901. The van der Waals surface area contributed by atoms with E-state index in [1.807, 2.05) is 13.8 Å². The van der Waals surface area contributed by atoms with Crippen molar-refractivity contribution in [3.05, 3.63) is 0 Å². The third-order valence-corrected chi connectivity index (χ3v) is 3.37. The number of thiol groups is 1. The lowest BCUT2D eigenvalue weighted by molar-refractivity contribution is -0.149. The summed E-state index contributed by atoms with van der Waals surface area (Å²) in [6, 6.07) is -0.669. The Hall–Kier alpha value is -0.710. The number of aliphatic carboxylic acids is 1. The number of carbonyl (C=O) groups excluding carboxylic acids is 1. The van der Waals surface area contributed by atoms with Crippen LogP contribution in [0.15, 0.2) is 0 Å². The number of carbonyl (C=O) groups is 2. The van der Waals surface area contributed by atoms with Crippen LogP contribution in [0, 0.1) is 11.8 Å². The zero-order valence-corrected chi connectivity index (χ0v) is 10.6. The molecule has 16 heavy (non-hydrogen) atoms. The summed E-state index contributed by atoms with van der Waals surface area (Å²) in [6.07, 6.45) is 0.950. The van der Waals surface area contributed by atoms with Gasteiger partial charge < -0.3 is 10.0 Å². The molecular weight excluding hydrogens is 226 g/mol. The molecule has 92 valence electrons. The van der Waals surface area contributed by atoms with Crippen molar-refractivity contribution in [2.45, 2.75) is 32.7 Å². The van der Waals surface area contributed by atoms with Crippen molar-refractivity contribution < 1.29 is 14.7 Å². The normalized spacial score (nSPS) is 22.9. The SMILES string of the molecule is CC(C)CC(C(=O)O)N1CC(CS)CC1=O. The Morgan fingerprint density at radius 2 is 2.25 bits per heavy atom. The highest BCUT2D eigenvalue weighted by molar-refractivity contribution is 7.80. The summed E-state index contributed by atoms with van der Waals surface area (Å²) in [6.45, 7) is 4.46. The van der Waals surface area contributed by atoms with Gasteiger partial charge in [0.25, 0.3) is 0 Å². The number of hydrogen-bond acceptors (Lipinski definition) is 3. The summed E-state index contributed by atoms with van der Waals surface area (Å²) in [5.74, 6) is 0.152. The summed E-state index contributed by atoms with van der Waals surface area (Å²) in [7, 11) is 0. The second-order valence-corrected chi connectivity index (χ2v) is 5.15. The number of likely N-dealkylation sites (tertiary alicyclic amines) is 1. The summed E-state index contributed by atoms with van der Waals surface area (Å²) < 4.78 is 0. The van der Waals surface area contributed by atoms with Crippen molar-refractivity contribution in [2.75, 3.05) is 12.3 Å². The second kappa shape index (κ2) is 5.57. The maximum absolute atomic E-state index is 11.7. The molecule has 2 atom stereocenters. The molecule has 0 aromatic carbocycles. The maximum atomic E-state index is 11.7. The van der Waals surface area contributed by atoms with Gasteiger partial charge in [-0.15, -0.1) is 0 Å². The lowest BCUT2D eigenvalue weighted by Crippen LogP contribution is -2.43. The van der Waals surface area contributed by atoms with E-state index in [2.05, 4.69) is 12.6 Å². The Bertz CT molecular complexity index is 280. The molecule has 1 aliphatic rings. The van der Waals surface area contributed by atoms with E-state index in [0.717, 1.165) is 0 Å². The van der Waals surface area contributed by atoms with E-state index in [9.17, 15) is 9.59 Å². The largest absolute Gasteiger partial charge is 0.480 e. The Kier molecular flexibility index (Phi) is 4.65. The molecule has 0 aromatic rings. The molecule has 1 amide bonds. The second-order valence-electron chi connectivity index (χ2n) is 4.78. The molecule has 1 fully saturated rings. The first-order valence-electron chi connectivity index (χ1n) is 5.58. The van der Waals surface area contributed by atoms with Crippen LogP contribution in [0.2, 0.25) is 0 Å². The van der Waals surface area contributed by atoms with E-state index in [0.29, 0.717) is 25.1 Å². The number of carboxylic acids is 1. The number of carboxylic acid groups (broad SMARTS) is 1. The predicted molar refractivity (Wildman–Crippen MR) is 64.6 cm³/mol. The molecule has 4 nitrogen and oxygen atoms in total. The fraction of sp³-hybridized carbons (Fsp3) is 0.818. The third-order valence-electron chi connectivity index (χ3n) is 2.85. The van der Waals surface area contributed by atoms with Crippen molar-refractivity contribution in [2.24, 2.45) is 11.8 Å². The summed E-state index contributed by atoms with van der Waals surface area (Å²) >= 11 is 4.16. The molecule has 0 radical (unpaired) electrons. The Balaban J connectivity index is 2.71. The predicted octanol–water partition coefficient (Wildman–Crippen LogP) is 1.26. The molecule has 5 heteroatoms. The minimum Gasteiger partial charge on any atom is -0.480 e. The highest BCUT2D eigenvalue weighted by Crippen LogP contribution is 2.24. The summed E-state index contributed by atoms with van der Waals surface area (Å²) in [4.78, 5) is 24.4. The van der Waals surface area contributed by atoms with Gasteiger partial charge in [-0.3, -0.25) is 4.79 Å². The molecular formula is C11H19NO3S. The van der Waals surface area contributed by atoms with E-state index in [-0.39, 0.29) is 17.7 Å². The molecule has 0 aromatic heterocycles. The fourth-order valence-corrected chi connectivity index (χ4v) is 2.28. The highest BCUT2D eigenvalue weighted by Gasteiger charge is 2.37. The Morgan fingerprint density at radius 1 is 1.62 bits per heavy atom. The zero-order valence-electron chi connectivity index (χ0n) is 9.72. The maximum Gasteiger partial charge on any atom is 0.326 e. The lowest BCUT2D eigenvalue weighted by Gasteiger charge is -2.26. The van der Waals surface area contributed by atoms with E-state index < -0.39 is 12.0 Å². The quantitative estimate of drug-likeness (QED) is 0.717. The van der Waals surface area contributed by atoms with E-state index in [4.69, 9.17) is 5.11 Å². The molecule has 0 aliphatic carbocycles. The molecule has 1 N–H and O–H groups in total. The van der Waals surface area contributed by atoms with Gasteiger partial charge in [-0.25, -0.2) is 4.79 Å². The molecule has 1 rings (SSSR count). The van der Waals surface area contributed by atoms with Crippen LogP contribution in [0.25, 0.3) is 0 Å². The van der Waals surface area contributed by atoms with Gasteiger partial charge in [-0.2, -0.15) is 12.6 Å². The van der Waals surface area contributed by atoms with Gasteiger partial charge in [0.05, 0.1) is 0 Å². The first-order chi connectivity index (χ1) is 7.45. The van der Waals surface area contributed by atoms with E-state index in [1.54, 1.807) is 0 Å². The number of hydrogen-bond donors (Lipinski definition) is 2. The Labute approximate surface area is 101 Å². The van der Waals surface area contributed by atoms with Crippen LogP contribution in [-0.2, 0) is 9.59 Å². The third kappa shape index (κ3) is 3.14. The molecule has 0 spiro atoms. The highest BCUT2D eigenvalue weighted by atomic mass is 32.1. The zero-order chi connectivity index (χ0) is 12.3. The van der Waals surface area contributed by atoms with Crippen LogP contribution in [0.1, 0.15) is 26.7 Å². The van der Waals surface area contributed by atoms with E-state index >= 15 is 0 Å². The Morgan fingerprint density at radius 3 is 2.62 bits per heavy atom. The first-order valence-corrected chi connectivity index (χ1v) is 6.22. The lowest BCUT2D eigenvalue weighted by atomic mass is 10.0. The minimum absolute atomic E-state index is 0.0490. The van der Waals surface area contributed by atoms with Crippen molar-refractivity contribution in [1.82, 2.24) is 4.90 Å². The topological polar surface area (TPSA) is 57.6 Å². The summed E-state index contributed by atoms with van der Waals surface area (Å²) in [5, 5.41) is 9.15. The fourth-order valence-electron chi connectivity index (χ4n) is 2.04. The number of rotatable bonds is 5. The van der Waals surface area contributed by atoms with Crippen molar-refractivity contribution in [3.63, 3.8) is 0 Å². The van der Waals surface area contributed by atoms with Gasteiger partial charge in [0.1, 0.15) is 6.04 Å². The molecule has 1 aliphatic heterocycles. The van der Waals surface area contributed by atoms with Gasteiger partial charge >= 0.3 is 5.97 Å². The van der Waals surface area contributed by atoms with Crippen LogP contribution in [0.3, 0.4) is 0 Å². The number of nitrogens with zero attached hydrogens (tertiary/aromatic N) is 1. The molecule has 0 saturated carbocycles. The van der Waals surface area contributed by atoms with Gasteiger partial charge in [0.15, 0.2) is 0 Å². The van der Waals surface area contributed by atoms with Crippen molar-refractivity contribution in [3.8, 4) is 0 Å². The van der Waals surface area contributed by atoms with Crippen LogP contribution in [0.4, 0.5) is 0 Å². The molecule has 1 heterocycles. The van der Waals surface area contributed by atoms with Crippen molar-refractivity contribution >= 4 is 24.5 Å². The summed E-state index contributed by atoms with van der Waals surface area (Å²) in [5.41, 5.74) is 0. The van der Waals surface area contributed by atoms with Crippen molar-refractivity contribution in [1.29, 1.82) is 0 Å². The molecule has 0 bridgehead atoms. The average molecular weight is 245 g/mol. The van der Waals surface area contributed by atoms with Gasteiger partial charge in [0.2, 0.25) is 5.91 Å². The van der Waals surface area contributed by atoms with Crippen LogP contribution in [-0.4, -0.2) is 40.2 Å². The van der Waals surface area contributed by atoms with Gasteiger partial charge in [-0.05, 0) is 24.0 Å². The number of amides is 1.